The zero-order valence-corrected chi connectivity index (χ0v) is 7.66. The summed E-state index contributed by atoms with van der Waals surface area (Å²) in [7, 11) is 0. The van der Waals surface area contributed by atoms with E-state index in [0.29, 0.717) is 11.3 Å². The maximum Gasteiger partial charge on any atom is 0.0691 e. The van der Waals surface area contributed by atoms with Crippen molar-refractivity contribution in [2.75, 3.05) is 6.54 Å². The number of hydrogen-bond acceptors (Lipinski definition) is 3. The van der Waals surface area contributed by atoms with Gasteiger partial charge in [-0.2, -0.15) is 0 Å². The van der Waals surface area contributed by atoms with Gasteiger partial charge in [0.05, 0.1) is 5.37 Å². The van der Waals surface area contributed by atoms with Gasteiger partial charge in [-0.15, -0.1) is 11.8 Å². The van der Waals surface area contributed by atoms with Gasteiger partial charge in [-0.05, 0) is 5.92 Å². The average Bonchev–Trinajstić information content (AvgIpc) is 1.88. The number of thioether (sulfide) groups is 1. The highest BCUT2D eigenvalue weighted by atomic mass is 32.2. The summed E-state index contributed by atoms with van der Waals surface area (Å²) in [6, 6.07) is 0. The topological polar surface area (TPSA) is 24.1 Å². The van der Waals surface area contributed by atoms with Gasteiger partial charge in [0, 0.05) is 11.8 Å². The molecule has 2 atom stereocenters. The highest BCUT2D eigenvalue weighted by Gasteiger charge is 2.20. The second-order valence-corrected chi connectivity index (χ2v) is 4.72. The van der Waals surface area contributed by atoms with Gasteiger partial charge in [-0.3, -0.25) is 5.43 Å². The maximum atomic E-state index is 3.26. The third kappa shape index (κ3) is 2.15. The van der Waals surface area contributed by atoms with E-state index in [1.807, 2.05) is 11.8 Å². The van der Waals surface area contributed by atoms with Crippen LogP contribution in [-0.4, -0.2) is 17.2 Å². The van der Waals surface area contributed by atoms with Crippen LogP contribution >= 0.6 is 11.8 Å². The first-order valence-electron chi connectivity index (χ1n) is 3.84. The molecule has 0 amide bonds. The molecule has 60 valence electrons. The summed E-state index contributed by atoms with van der Waals surface area (Å²) in [6.45, 7) is 7.82. The van der Waals surface area contributed by atoms with Gasteiger partial charge in [0.25, 0.3) is 0 Å². The van der Waals surface area contributed by atoms with E-state index in [1.54, 1.807) is 0 Å². The van der Waals surface area contributed by atoms with Crippen LogP contribution < -0.4 is 10.9 Å². The van der Waals surface area contributed by atoms with Gasteiger partial charge in [0.2, 0.25) is 0 Å². The molecule has 2 N–H and O–H groups in total. The van der Waals surface area contributed by atoms with Gasteiger partial charge < -0.3 is 0 Å². The van der Waals surface area contributed by atoms with Gasteiger partial charge >= 0.3 is 0 Å². The highest BCUT2D eigenvalue weighted by Crippen LogP contribution is 2.23. The quantitative estimate of drug-likeness (QED) is 0.602. The van der Waals surface area contributed by atoms with E-state index >= 15 is 0 Å². The van der Waals surface area contributed by atoms with E-state index in [0.717, 1.165) is 11.8 Å². The lowest BCUT2D eigenvalue weighted by Crippen LogP contribution is -2.49. The van der Waals surface area contributed by atoms with E-state index in [2.05, 4.69) is 31.6 Å². The van der Waals surface area contributed by atoms with Crippen molar-refractivity contribution in [2.45, 2.75) is 31.4 Å². The summed E-state index contributed by atoms with van der Waals surface area (Å²) in [5.74, 6) is 0.709. The Morgan fingerprint density at radius 1 is 1.50 bits per heavy atom. The van der Waals surface area contributed by atoms with Crippen LogP contribution in [0, 0.1) is 5.92 Å². The third-order valence-corrected chi connectivity index (χ3v) is 3.20. The van der Waals surface area contributed by atoms with Crippen molar-refractivity contribution in [3.8, 4) is 0 Å². The van der Waals surface area contributed by atoms with Crippen LogP contribution in [0.1, 0.15) is 20.8 Å². The fourth-order valence-corrected chi connectivity index (χ4v) is 2.11. The Balaban J connectivity index is 2.32. The molecule has 3 heteroatoms. The van der Waals surface area contributed by atoms with Crippen LogP contribution in [0.3, 0.4) is 0 Å². The lowest BCUT2D eigenvalue weighted by atomic mass is 10.2. The van der Waals surface area contributed by atoms with Gasteiger partial charge in [-0.1, -0.05) is 20.8 Å². The van der Waals surface area contributed by atoms with Crippen LogP contribution in [0.25, 0.3) is 0 Å². The Kier molecular flexibility index (Phi) is 3.01. The Morgan fingerprint density at radius 3 is 2.60 bits per heavy atom. The molecule has 0 aromatic carbocycles. The smallest absolute Gasteiger partial charge is 0.0691 e. The molecule has 0 saturated carbocycles. The maximum absolute atomic E-state index is 3.26. The van der Waals surface area contributed by atoms with Gasteiger partial charge in [0.1, 0.15) is 0 Å². The van der Waals surface area contributed by atoms with Crippen molar-refractivity contribution in [2.24, 2.45) is 5.92 Å². The first kappa shape index (κ1) is 8.37. The Bertz CT molecular complexity index is 106. The molecule has 0 spiro atoms. The molecule has 0 bridgehead atoms. The van der Waals surface area contributed by atoms with Gasteiger partial charge in [0.15, 0.2) is 0 Å². The minimum atomic E-state index is 0.587. The molecule has 2 nitrogen and oxygen atoms in total. The molecule has 0 radical (unpaired) electrons. The van der Waals surface area contributed by atoms with Crippen molar-refractivity contribution in [1.82, 2.24) is 10.9 Å². The van der Waals surface area contributed by atoms with E-state index in [4.69, 9.17) is 0 Å². The molecular formula is C7H16N2S. The van der Waals surface area contributed by atoms with Crippen molar-refractivity contribution in [1.29, 1.82) is 0 Å². The second kappa shape index (κ2) is 3.60. The molecule has 0 aromatic heterocycles. The second-order valence-electron chi connectivity index (χ2n) is 3.14. The molecule has 1 rings (SSSR count). The summed E-state index contributed by atoms with van der Waals surface area (Å²) in [5, 5.41) is 1.33. The monoisotopic (exact) mass is 160 g/mol. The summed E-state index contributed by atoms with van der Waals surface area (Å²) in [4.78, 5) is 0. The molecular weight excluding hydrogens is 144 g/mol. The lowest BCUT2D eigenvalue weighted by molar-refractivity contribution is 0.423. The predicted molar refractivity (Wildman–Crippen MR) is 46.8 cm³/mol. The Labute approximate surface area is 67.1 Å². The fourth-order valence-electron chi connectivity index (χ4n) is 0.959. The van der Waals surface area contributed by atoms with Crippen LogP contribution in [0.4, 0.5) is 0 Å². The normalized spacial score (nSPS) is 34.8. The molecule has 1 aliphatic rings. The van der Waals surface area contributed by atoms with E-state index < -0.39 is 0 Å². The molecule has 0 aliphatic carbocycles. The lowest BCUT2D eigenvalue weighted by Gasteiger charge is -2.30. The molecule has 2 unspecified atom stereocenters. The first-order chi connectivity index (χ1) is 4.70. The molecule has 1 heterocycles. The SMILES string of the molecule is CC1CNNC(C(C)C)S1. The zero-order chi connectivity index (χ0) is 7.56. The number of hydrogen-bond donors (Lipinski definition) is 2. The molecule has 1 saturated heterocycles. The molecule has 0 aromatic rings. The van der Waals surface area contributed by atoms with E-state index in [9.17, 15) is 0 Å². The van der Waals surface area contributed by atoms with Crippen LogP contribution in [0.2, 0.25) is 0 Å². The third-order valence-electron chi connectivity index (χ3n) is 1.62. The predicted octanol–water partition coefficient (Wildman–Crippen LogP) is 1.20. The van der Waals surface area contributed by atoms with Gasteiger partial charge in [-0.25, -0.2) is 5.43 Å². The van der Waals surface area contributed by atoms with Crippen LogP contribution in [0.5, 0.6) is 0 Å². The number of hydrazine groups is 1. The summed E-state index contributed by atoms with van der Waals surface area (Å²) in [5.41, 5.74) is 6.46. The summed E-state index contributed by atoms with van der Waals surface area (Å²) in [6.07, 6.45) is 0. The first-order valence-corrected chi connectivity index (χ1v) is 4.78. The Hall–Kier alpha value is 0.270. The summed E-state index contributed by atoms with van der Waals surface area (Å²) >= 11 is 2.02. The molecule has 1 aliphatic heterocycles. The van der Waals surface area contributed by atoms with Crippen LogP contribution in [-0.2, 0) is 0 Å². The molecule has 10 heavy (non-hydrogen) atoms. The minimum absolute atomic E-state index is 0.587. The highest BCUT2D eigenvalue weighted by molar-refractivity contribution is 8.00. The largest absolute Gasteiger partial charge is 0.256 e. The van der Waals surface area contributed by atoms with E-state index in [1.165, 1.54) is 0 Å². The zero-order valence-electron chi connectivity index (χ0n) is 6.85. The van der Waals surface area contributed by atoms with Crippen molar-refractivity contribution in [3.63, 3.8) is 0 Å². The van der Waals surface area contributed by atoms with Crippen molar-refractivity contribution >= 4 is 11.8 Å². The minimum Gasteiger partial charge on any atom is -0.256 e. The fraction of sp³-hybridized carbons (Fsp3) is 1.00. The standard InChI is InChI=1S/C7H16N2S/c1-5(2)7-9-8-4-6(3)10-7/h5-9H,4H2,1-3H3. The van der Waals surface area contributed by atoms with Crippen molar-refractivity contribution in [3.05, 3.63) is 0 Å². The molecule has 1 fully saturated rings. The van der Waals surface area contributed by atoms with Crippen LogP contribution in [0.15, 0.2) is 0 Å². The van der Waals surface area contributed by atoms with E-state index in [-0.39, 0.29) is 0 Å². The number of nitrogens with one attached hydrogen (secondary N) is 2. The van der Waals surface area contributed by atoms with Crippen molar-refractivity contribution < 1.29 is 0 Å². The Morgan fingerprint density at radius 2 is 2.20 bits per heavy atom. The number of rotatable bonds is 1. The average molecular weight is 160 g/mol. The summed E-state index contributed by atoms with van der Waals surface area (Å²) < 4.78 is 0.